The number of nitrogens with zero attached hydrogens (tertiary/aromatic N) is 3. The van der Waals surface area contributed by atoms with Gasteiger partial charge < -0.3 is 10.1 Å². The molecule has 7 nitrogen and oxygen atoms in total. The Morgan fingerprint density at radius 1 is 1.33 bits per heavy atom. The van der Waals surface area contributed by atoms with E-state index in [1.165, 1.54) is 18.0 Å². The van der Waals surface area contributed by atoms with Crippen LogP contribution in [0.5, 0.6) is 5.75 Å². The van der Waals surface area contributed by atoms with Gasteiger partial charge in [0.1, 0.15) is 23.7 Å². The Bertz CT molecular complexity index is 1150. The average Bonchev–Trinajstić information content (AvgIpc) is 2.72. The molecular weight excluding hydrogens is 425 g/mol. The van der Waals surface area contributed by atoms with Gasteiger partial charge in [-0.1, -0.05) is 35.3 Å². The van der Waals surface area contributed by atoms with Crippen LogP contribution in [-0.2, 0) is 11.4 Å². The summed E-state index contributed by atoms with van der Waals surface area (Å²) in [5, 5.41) is 12.4. The Kier molecular flexibility index (Phi) is 6.43. The largest absolute Gasteiger partial charge is 0.487 e. The van der Waals surface area contributed by atoms with Crippen LogP contribution in [0.4, 0.5) is 5.82 Å². The SMILES string of the molecule is CNC(=N)c1cc(C)nc2c(OCc3c(Cl)cnc(N(C)C(C)=O)c3Cl)cccc12. The van der Waals surface area contributed by atoms with Gasteiger partial charge in [0.15, 0.2) is 5.82 Å². The average molecular weight is 446 g/mol. The number of aromatic nitrogens is 2. The lowest BCUT2D eigenvalue weighted by atomic mass is 10.1. The maximum Gasteiger partial charge on any atom is 0.224 e. The van der Waals surface area contributed by atoms with E-state index in [1.54, 1.807) is 20.2 Å². The number of nitrogens with one attached hydrogen (secondary N) is 2. The zero-order valence-corrected chi connectivity index (χ0v) is 18.5. The van der Waals surface area contributed by atoms with Crippen LogP contribution in [0.1, 0.15) is 23.7 Å². The van der Waals surface area contributed by atoms with E-state index in [0.717, 1.165) is 16.6 Å². The van der Waals surface area contributed by atoms with Gasteiger partial charge in [-0.05, 0) is 19.1 Å². The number of amides is 1. The molecule has 0 aliphatic heterocycles. The first-order valence-corrected chi connectivity index (χ1v) is 9.87. The fraction of sp³-hybridized carbons (Fsp3) is 0.238. The van der Waals surface area contributed by atoms with E-state index in [0.29, 0.717) is 33.5 Å². The number of para-hydroxylation sites is 1. The molecule has 0 atom stereocenters. The predicted molar refractivity (Wildman–Crippen MR) is 120 cm³/mol. The van der Waals surface area contributed by atoms with Gasteiger partial charge in [0.05, 0.1) is 10.0 Å². The molecule has 0 aliphatic carbocycles. The fourth-order valence-corrected chi connectivity index (χ4v) is 3.54. The Morgan fingerprint density at radius 2 is 2.07 bits per heavy atom. The Labute approximate surface area is 184 Å². The van der Waals surface area contributed by atoms with E-state index in [9.17, 15) is 4.79 Å². The van der Waals surface area contributed by atoms with Gasteiger partial charge in [0.25, 0.3) is 0 Å². The molecule has 156 valence electrons. The molecule has 0 bridgehead atoms. The van der Waals surface area contributed by atoms with Crippen LogP contribution in [0.25, 0.3) is 10.9 Å². The normalized spacial score (nSPS) is 10.7. The van der Waals surface area contributed by atoms with Crippen LogP contribution in [0.2, 0.25) is 10.0 Å². The minimum absolute atomic E-state index is 0.0620. The quantitative estimate of drug-likeness (QED) is 0.449. The molecule has 0 radical (unpaired) electrons. The van der Waals surface area contributed by atoms with E-state index >= 15 is 0 Å². The van der Waals surface area contributed by atoms with Crippen LogP contribution in [0.15, 0.2) is 30.5 Å². The number of rotatable bonds is 5. The van der Waals surface area contributed by atoms with Gasteiger partial charge >= 0.3 is 0 Å². The molecule has 1 aromatic carbocycles. The maximum absolute atomic E-state index is 11.7. The molecule has 1 amide bonds. The third kappa shape index (κ3) is 4.17. The molecule has 0 saturated heterocycles. The maximum atomic E-state index is 11.7. The van der Waals surface area contributed by atoms with Crippen molar-refractivity contribution in [2.45, 2.75) is 20.5 Å². The van der Waals surface area contributed by atoms with Crippen LogP contribution < -0.4 is 15.0 Å². The van der Waals surface area contributed by atoms with Crippen molar-refractivity contribution in [3.63, 3.8) is 0 Å². The van der Waals surface area contributed by atoms with E-state index in [1.807, 2.05) is 25.1 Å². The highest BCUT2D eigenvalue weighted by Gasteiger charge is 2.19. The summed E-state index contributed by atoms with van der Waals surface area (Å²) in [5.74, 6) is 0.933. The predicted octanol–water partition coefficient (Wildman–Crippen LogP) is 4.35. The third-order valence-corrected chi connectivity index (χ3v) is 5.38. The highest BCUT2D eigenvalue weighted by Crippen LogP contribution is 2.34. The number of fused-ring (bicyclic) bond motifs is 1. The molecule has 3 rings (SSSR count). The minimum atomic E-state index is -0.202. The second-order valence-corrected chi connectivity index (χ2v) is 7.46. The van der Waals surface area contributed by atoms with Gasteiger partial charge in [-0.25, -0.2) is 9.97 Å². The number of ether oxygens (including phenoxy) is 1. The molecular formula is C21H21Cl2N5O2. The lowest BCUT2D eigenvalue weighted by Crippen LogP contribution is -2.24. The molecule has 0 fully saturated rings. The van der Waals surface area contributed by atoms with Crippen molar-refractivity contribution >= 4 is 51.7 Å². The number of aryl methyl sites for hydroxylation is 1. The Balaban J connectivity index is 2.01. The number of anilines is 1. The summed E-state index contributed by atoms with van der Waals surface area (Å²) in [6.45, 7) is 3.35. The molecule has 9 heteroatoms. The number of halogens is 2. The van der Waals surface area contributed by atoms with E-state index < -0.39 is 0 Å². The lowest BCUT2D eigenvalue weighted by Gasteiger charge is -2.18. The van der Waals surface area contributed by atoms with Crippen molar-refractivity contribution in [1.29, 1.82) is 5.41 Å². The molecule has 2 aromatic heterocycles. The molecule has 2 N–H and O–H groups in total. The van der Waals surface area contributed by atoms with E-state index in [2.05, 4.69) is 15.3 Å². The van der Waals surface area contributed by atoms with Crippen LogP contribution in [0, 0.1) is 12.3 Å². The summed E-state index contributed by atoms with van der Waals surface area (Å²) < 4.78 is 6.03. The first-order valence-electron chi connectivity index (χ1n) is 9.11. The van der Waals surface area contributed by atoms with Gasteiger partial charge in [-0.15, -0.1) is 0 Å². The van der Waals surface area contributed by atoms with Crippen molar-refractivity contribution in [2.24, 2.45) is 0 Å². The Morgan fingerprint density at radius 3 is 2.73 bits per heavy atom. The molecule has 0 unspecified atom stereocenters. The van der Waals surface area contributed by atoms with Crippen molar-refractivity contribution in [2.75, 3.05) is 19.0 Å². The van der Waals surface area contributed by atoms with Crippen LogP contribution in [0.3, 0.4) is 0 Å². The summed E-state index contributed by atoms with van der Waals surface area (Å²) in [4.78, 5) is 21.8. The standard InChI is InChI=1S/C21H21Cl2N5O2/c1-11-8-14(20(24)25-3)13-6-5-7-17(19(13)27-11)30-10-15-16(22)9-26-21(18(15)23)28(4)12(2)29/h5-9H,10H2,1-4H3,(H2,24,25). The first-order chi connectivity index (χ1) is 14.2. The van der Waals surface area contributed by atoms with E-state index in [-0.39, 0.29) is 17.5 Å². The molecule has 0 spiro atoms. The summed E-state index contributed by atoms with van der Waals surface area (Å²) >= 11 is 12.8. The molecule has 0 aliphatic rings. The third-order valence-electron chi connectivity index (χ3n) is 4.66. The fourth-order valence-electron chi connectivity index (χ4n) is 2.97. The zero-order chi connectivity index (χ0) is 22.0. The summed E-state index contributed by atoms with van der Waals surface area (Å²) in [7, 11) is 3.29. The smallest absolute Gasteiger partial charge is 0.224 e. The highest BCUT2D eigenvalue weighted by molar-refractivity contribution is 6.37. The monoisotopic (exact) mass is 445 g/mol. The number of carbonyl (C=O) groups is 1. The number of benzene rings is 1. The minimum Gasteiger partial charge on any atom is -0.487 e. The number of hydrogen-bond acceptors (Lipinski definition) is 5. The zero-order valence-electron chi connectivity index (χ0n) is 17.0. The highest BCUT2D eigenvalue weighted by atomic mass is 35.5. The summed E-state index contributed by atoms with van der Waals surface area (Å²) in [6, 6.07) is 7.38. The van der Waals surface area contributed by atoms with Gasteiger partial charge in [-0.3, -0.25) is 15.1 Å². The van der Waals surface area contributed by atoms with Crippen molar-refractivity contribution in [3.05, 3.63) is 57.3 Å². The van der Waals surface area contributed by atoms with Crippen molar-refractivity contribution in [1.82, 2.24) is 15.3 Å². The topological polar surface area (TPSA) is 91.2 Å². The van der Waals surface area contributed by atoms with Gasteiger partial charge in [0, 0.05) is 49.4 Å². The summed E-state index contributed by atoms with van der Waals surface area (Å²) in [6.07, 6.45) is 1.44. The number of amidine groups is 1. The lowest BCUT2D eigenvalue weighted by molar-refractivity contribution is -0.116. The molecule has 3 aromatic rings. The van der Waals surface area contributed by atoms with Crippen molar-refractivity contribution in [3.8, 4) is 5.75 Å². The van der Waals surface area contributed by atoms with Crippen LogP contribution in [-0.4, -0.2) is 35.8 Å². The molecule has 0 saturated carbocycles. The summed E-state index contributed by atoms with van der Waals surface area (Å²) in [5.41, 5.74) is 2.65. The molecule has 2 heterocycles. The number of carbonyl (C=O) groups excluding carboxylic acids is 1. The second kappa shape index (κ2) is 8.85. The Hall–Kier alpha value is -2.90. The second-order valence-electron chi connectivity index (χ2n) is 6.68. The van der Waals surface area contributed by atoms with E-state index in [4.69, 9.17) is 33.3 Å². The number of pyridine rings is 2. The number of hydrogen-bond donors (Lipinski definition) is 2. The van der Waals surface area contributed by atoms with Gasteiger partial charge in [0.2, 0.25) is 5.91 Å². The van der Waals surface area contributed by atoms with Crippen LogP contribution >= 0.6 is 23.2 Å². The van der Waals surface area contributed by atoms with Crippen molar-refractivity contribution < 1.29 is 9.53 Å². The van der Waals surface area contributed by atoms with Gasteiger partial charge in [-0.2, -0.15) is 0 Å². The first kappa shape index (κ1) is 21.8. The molecule has 30 heavy (non-hydrogen) atoms.